The van der Waals surface area contributed by atoms with Gasteiger partial charge in [-0.05, 0) is 13.8 Å². The zero-order valence-corrected chi connectivity index (χ0v) is 8.09. The molecule has 0 aliphatic carbocycles. The lowest BCUT2D eigenvalue weighted by Crippen LogP contribution is -2.19. The van der Waals surface area contributed by atoms with E-state index in [1.54, 1.807) is 0 Å². The molecule has 0 aromatic carbocycles. The predicted molar refractivity (Wildman–Crippen MR) is 44.7 cm³/mol. The van der Waals surface area contributed by atoms with E-state index in [1.165, 1.54) is 13.8 Å². The Labute approximate surface area is 83.3 Å². The Hall–Kier alpha value is -1.53. The molecule has 1 N–H and O–H groups in total. The molecule has 7 heteroatoms. The molecular weight excluding hydrogens is 213 g/mol. The largest absolute Gasteiger partial charge is 0.476 e. The number of hydrogen-bond donors (Lipinski definition) is 1. The zero-order valence-electron chi connectivity index (χ0n) is 8.09. The summed E-state index contributed by atoms with van der Waals surface area (Å²) in [5.74, 6) is -1.32. The Morgan fingerprint density at radius 1 is 1.47 bits per heavy atom. The normalized spacial score (nSPS) is 11.8. The summed E-state index contributed by atoms with van der Waals surface area (Å²) in [6.45, 7) is 1.56. The van der Waals surface area contributed by atoms with E-state index >= 15 is 0 Å². The predicted octanol–water partition coefficient (Wildman–Crippen LogP) is 1.76. The van der Waals surface area contributed by atoms with Gasteiger partial charge >= 0.3 is 12.1 Å². The maximum Gasteiger partial charge on any atom is 0.408 e. The minimum absolute atomic E-state index is 0.213. The second-order valence-corrected chi connectivity index (χ2v) is 3.14. The van der Waals surface area contributed by atoms with Gasteiger partial charge in [0.05, 0.1) is 0 Å². The van der Waals surface area contributed by atoms with Gasteiger partial charge in [0.2, 0.25) is 0 Å². The van der Waals surface area contributed by atoms with E-state index in [0.29, 0.717) is 4.68 Å². The minimum atomic E-state index is -4.40. The van der Waals surface area contributed by atoms with Crippen LogP contribution in [0.5, 0.6) is 0 Å². The maximum atomic E-state index is 12.1. The smallest absolute Gasteiger partial charge is 0.408 e. The fourth-order valence-electron chi connectivity index (χ4n) is 1.16. The lowest BCUT2D eigenvalue weighted by molar-refractivity contribution is -0.143. The number of rotatable bonds is 2. The third-order valence-electron chi connectivity index (χ3n) is 2.04. The van der Waals surface area contributed by atoms with Crippen LogP contribution in [-0.4, -0.2) is 27.0 Å². The first-order valence-electron chi connectivity index (χ1n) is 4.06. The van der Waals surface area contributed by atoms with Crippen LogP contribution in [0, 0.1) is 13.8 Å². The standard InChI is InChI=1S/C8H9F3N2O2/c1-4-5(2)13(3-8(9,10)11)12-6(4)7(14)15/h3H2,1-2H3,(H,14,15). The lowest BCUT2D eigenvalue weighted by Gasteiger charge is -2.07. The van der Waals surface area contributed by atoms with Gasteiger partial charge < -0.3 is 5.11 Å². The summed E-state index contributed by atoms with van der Waals surface area (Å²) in [5.41, 5.74) is 0.133. The van der Waals surface area contributed by atoms with Gasteiger partial charge in [0.1, 0.15) is 6.54 Å². The number of hydrogen-bond acceptors (Lipinski definition) is 2. The van der Waals surface area contributed by atoms with Crippen LogP contribution in [0.3, 0.4) is 0 Å². The Balaban J connectivity index is 3.11. The lowest BCUT2D eigenvalue weighted by atomic mass is 10.2. The van der Waals surface area contributed by atoms with Crippen LogP contribution in [0.25, 0.3) is 0 Å². The van der Waals surface area contributed by atoms with Gasteiger partial charge in [0.15, 0.2) is 5.69 Å². The fourth-order valence-corrected chi connectivity index (χ4v) is 1.16. The number of carboxylic acid groups (broad SMARTS) is 1. The SMILES string of the molecule is Cc1c(C(=O)O)nn(CC(F)(F)F)c1C. The second-order valence-electron chi connectivity index (χ2n) is 3.14. The molecule has 0 amide bonds. The summed E-state index contributed by atoms with van der Waals surface area (Å²) >= 11 is 0. The highest BCUT2D eigenvalue weighted by Crippen LogP contribution is 2.20. The van der Waals surface area contributed by atoms with Gasteiger partial charge in [-0.1, -0.05) is 0 Å². The molecule has 15 heavy (non-hydrogen) atoms. The van der Waals surface area contributed by atoms with Crippen LogP contribution in [0.1, 0.15) is 21.7 Å². The molecule has 0 radical (unpaired) electrons. The Kier molecular flexibility index (Phi) is 2.74. The molecule has 84 valence electrons. The maximum absolute atomic E-state index is 12.1. The van der Waals surface area contributed by atoms with Crippen LogP contribution in [0.4, 0.5) is 13.2 Å². The van der Waals surface area contributed by atoms with Crippen molar-refractivity contribution in [1.29, 1.82) is 0 Å². The van der Waals surface area contributed by atoms with Crippen molar-refractivity contribution in [1.82, 2.24) is 9.78 Å². The van der Waals surface area contributed by atoms with Gasteiger partial charge in [0, 0.05) is 11.3 Å². The Morgan fingerprint density at radius 2 is 2.00 bits per heavy atom. The Bertz CT molecular complexity index is 395. The van der Waals surface area contributed by atoms with Crippen molar-refractivity contribution in [3.8, 4) is 0 Å². The van der Waals surface area contributed by atoms with Crippen molar-refractivity contribution < 1.29 is 23.1 Å². The van der Waals surface area contributed by atoms with E-state index in [-0.39, 0.29) is 17.0 Å². The summed E-state index contributed by atoms with van der Waals surface area (Å²) in [6.07, 6.45) is -4.40. The fraction of sp³-hybridized carbons (Fsp3) is 0.500. The zero-order chi connectivity index (χ0) is 11.8. The quantitative estimate of drug-likeness (QED) is 0.829. The molecule has 1 heterocycles. The van der Waals surface area contributed by atoms with Crippen molar-refractivity contribution in [2.45, 2.75) is 26.6 Å². The van der Waals surface area contributed by atoms with Gasteiger partial charge in [0.25, 0.3) is 0 Å². The summed E-state index contributed by atoms with van der Waals surface area (Å²) in [4.78, 5) is 10.6. The number of halogens is 3. The number of aromatic carboxylic acids is 1. The minimum Gasteiger partial charge on any atom is -0.476 e. The number of carbonyl (C=O) groups is 1. The van der Waals surface area contributed by atoms with Crippen LogP contribution in [0.2, 0.25) is 0 Å². The summed E-state index contributed by atoms with van der Waals surface area (Å²) in [5, 5.41) is 12.0. The van der Waals surface area contributed by atoms with E-state index in [9.17, 15) is 18.0 Å². The van der Waals surface area contributed by atoms with Crippen LogP contribution >= 0.6 is 0 Å². The summed E-state index contributed by atoms with van der Waals surface area (Å²) in [7, 11) is 0. The van der Waals surface area contributed by atoms with E-state index in [4.69, 9.17) is 5.11 Å². The number of nitrogens with zero attached hydrogens (tertiary/aromatic N) is 2. The van der Waals surface area contributed by atoms with Gasteiger partial charge in [-0.15, -0.1) is 0 Å². The molecular formula is C8H9F3N2O2. The molecule has 1 aromatic rings. The molecule has 1 aromatic heterocycles. The first-order chi connectivity index (χ1) is 6.72. The molecule has 0 aliphatic heterocycles. The molecule has 0 unspecified atom stereocenters. The van der Waals surface area contributed by atoms with Gasteiger partial charge in [-0.2, -0.15) is 18.3 Å². The Morgan fingerprint density at radius 3 is 2.33 bits per heavy atom. The van der Waals surface area contributed by atoms with Crippen molar-refractivity contribution in [2.75, 3.05) is 0 Å². The molecule has 0 bridgehead atoms. The molecule has 0 atom stereocenters. The van der Waals surface area contributed by atoms with E-state index < -0.39 is 18.7 Å². The van der Waals surface area contributed by atoms with E-state index in [2.05, 4.69) is 5.10 Å². The highest BCUT2D eigenvalue weighted by molar-refractivity contribution is 5.87. The van der Waals surface area contributed by atoms with Crippen molar-refractivity contribution >= 4 is 5.97 Å². The number of aromatic nitrogens is 2. The highest BCUT2D eigenvalue weighted by atomic mass is 19.4. The topological polar surface area (TPSA) is 55.1 Å². The van der Waals surface area contributed by atoms with Crippen molar-refractivity contribution in [3.63, 3.8) is 0 Å². The average Bonchev–Trinajstić information content (AvgIpc) is 2.30. The van der Waals surface area contributed by atoms with E-state index in [0.717, 1.165) is 0 Å². The number of alkyl halides is 3. The summed E-state index contributed by atoms with van der Waals surface area (Å²) in [6, 6.07) is 0. The van der Waals surface area contributed by atoms with Crippen LogP contribution in [0.15, 0.2) is 0 Å². The molecule has 0 saturated carbocycles. The van der Waals surface area contributed by atoms with Gasteiger partial charge in [-0.25, -0.2) is 4.79 Å². The number of carboxylic acids is 1. The molecule has 0 fully saturated rings. The van der Waals surface area contributed by atoms with Gasteiger partial charge in [-0.3, -0.25) is 4.68 Å². The van der Waals surface area contributed by atoms with E-state index in [1.807, 2.05) is 0 Å². The monoisotopic (exact) mass is 222 g/mol. The molecule has 4 nitrogen and oxygen atoms in total. The van der Waals surface area contributed by atoms with Crippen molar-refractivity contribution in [3.05, 3.63) is 17.0 Å². The summed E-state index contributed by atoms with van der Waals surface area (Å²) < 4.78 is 36.8. The third-order valence-corrected chi connectivity index (χ3v) is 2.04. The molecule has 0 aliphatic rings. The highest BCUT2D eigenvalue weighted by Gasteiger charge is 2.30. The molecule has 0 spiro atoms. The first kappa shape index (κ1) is 11.5. The van der Waals surface area contributed by atoms with Crippen LogP contribution < -0.4 is 0 Å². The third kappa shape index (κ3) is 2.48. The first-order valence-corrected chi connectivity index (χ1v) is 4.06. The average molecular weight is 222 g/mol. The van der Waals surface area contributed by atoms with Crippen molar-refractivity contribution in [2.24, 2.45) is 0 Å². The molecule has 1 rings (SSSR count). The second kappa shape index (κ2) is 3.56. The van der Waals surface area contributed by atoms with Crippen LogP contribution in [-0.2, 0) is 6.54 Å². The molecule has 0 saturated heterocycles.